The fourth-order valence-electron chi connectivity index (χ4n) is 2.38. The normalized spacial score (nSPS) is 15.2. The number of anilines is 2. The molecule has 0 unspecified atom stereocenters. The number of hydrogen-bond acceptors (Lipinski definition) is 4. The molecule has 0 bridgehead atoms. The Kier molecular flexibility index (Phi) is 3.51. The number of benzene rings is 1. The zero-order chi connectivity index (χ0) is 14.3. The Bertz CT molecular complexity index is 755. The highest BCUT2D eigenvalue weighted by Gasteiger charge is 2.30. The summed E-state index contributed by atoms with van der Waals surface area (Å²) in [4.78, 5) is 0. The van der Waals surface area contributed by atoms with Gasteiger partial charge in [0.1, 0.15) is 4.21 Å². The second kappa shape index (κ2) is 5.05. The molecule has 2 aromatic rings. The molecule has 0 radical (unpaired) electrons. The van der Waals surface area contributed by atoms with Gasteiger partial charge in [-0.2, -0.15) is 0 Å². The van der Waals surface area contributed by atoms with Crippen molar-refractivity contribution in [2.24, 2.45) is 0 Å². The van der Waals surface area contributed by atoms with Gasteiger partial charge in [-0.05, 0) is 64.7 Å². The first-order valence-corrected chi connectivity index (χ1v) is 9.20. The van der Waals surface area contributed by atoms with Gasteiger partial charge in [0, 0.05) is 12.2 Å². The van der Waals surface area contributed by atoms with Gasteiger partial charge in [0.25, 0.3) is 10.0 Å². The average molecular weight is 373 g/mol. The van der Waals surface area contributed by atoms with Gasteiger partial charge < -0.3 is 5.73 Å². The topological polar surface area (TPSA) is 63.4 Å². The van der Waals surface area contributed by atoms with Crippen LogP contribution in [0.4, 0.5) is 11.4 Å². The van der Waals surface area contributed by atoms with Crippen LogP contribution < -0.4 is 10.0 Å². The van der Waals surface area contributed by atoms with E-state index in [1.165, 1.54) is 15.6 Å². The van der Waals surface area contributed by atoms with E-state index in [0.717, 1.165) is 27.9 Å². The minimum atomic E-state index is -3.49. The first-order chi connectivity index (χ1) is 9.48. The third kappa shape index (κ3) is 2.34. The molecular formula is C13H13BrN2O2S2. The SMILES string of the molecule is Nc1ccc2c(c1)CCCN2S(=O)(=O)c1ccc(Br)s1. The number of hydrogen-bond donors (Lipinski definition) is 1. The van der Waals surface area contributed by atoms with E-state index in [-0.39, 0.29) is 0 Å². The summed E-state index contributed by atoms with van der Waals surface area (Å²) in [5, 5.41) is 0. The lowest BCUT2D eigenvalue weighted by Crippen LogP contribution is -2.35. The van der Waals surface area contributed by atoms with Gasteiger partial charge in [0.05, 0.1) is 9.47 Å². The third-order valence-electron chi connectivity index (χ3n) is 3.27. The van der Waals surface area contributed by atoms with E-state index in [2.05, 4.69) is 15.9 Å². The van der Waals surface area contributed by atoms with E-state index >= 15 is 0 Å². The molecule has 0 fully saturated rings. The predicted molar refractivity (Wildman–Crippen MR) is 85.7 cm³/mol. The van der Waals surface area contributed by atoms with Crippen molar-refractivity contribution in [1.29, 1.82) is 0 Å². The highest BCUT2D eigenvalue weighted by molar-refractivity contribution is 9.11. The zero-order valence-electron chi connectivity index (χ0n) is 10.5. The highest BCUT2D eigenvalue weighted by Crippen LogP contribution is 2.35. The maximum absolute atomic E-state index is 12.7. The van der Waals surface area contributed by atoms with Gasteiger partial charge in [0.15, 0.2) is 0 Å². The molecular weight excluding hydrogens is 360 g/mol. The number of nitrogens with zero attached hydrogens (tertiary/aromatic N) is 1. The smallest absolute Gasteiger partial charge is 0.273 e. The van der Waals surface area contributed by atoms with Gasteiger partial charge in [-0.1, -0.05) is 0 Å². The van der Waals surface area contributed by atoms with Crippen LogP contribution in [0.5, 0.6) is 0 Å². The second-order valence-electron chi connectivity index (χ2n) is 4.63. The highest BCUT2D eigenvalue weighted by atomic mass is 79.9. The quantitative estimate of drug-likeness (QED) is 0.822. The average Bonchev–Trinajstić information content (AvgIpc) is 2.85. The number of nitrogens with two attached hydrogens (primary N) is 1. The molecule has 20 heavy (non-hydrogen) atoms. The summed E-state index contributed by atoms with van der Waals surface area (Å²) in [6.07, 6.45) is 1.67. The van der Waals surface area contributed by atoms with E-state index in [9.17, 15) is 8.42 Å². The van der Waals surface area contributed by atoms with Crippen molar-refractivity contribution in [3.05, 3.63) is 39.7 Å². The summed E-state index contributed by atoms with van der Waals surface area (Å²) < 4.78 is 28.1. The van der Waals surface area contributed by atoms with E-state index in [1.807, 2.05) is 6.07 Å². The summed E-state index contributed by atoms with van der Waals surface area (Å²) >= 11 is 4.54. The Balaban J connectivity index is 2.08. The van der Waals surface area contributed by atoms with E-state index in [4.69, 9.17) is 5.73 Å². The minimum absolute atomic E-state index is 0.356. The number of fused-ring (bicyclic) bond motifs is 1. The Morgan fingerprint density at radius 2 is 2.05 bits per heavy atom. The Morgan fingerprint density at radius 3 is 2.75 bits per heavy atom. The molecule has 3 rings (SSSR count). The first kappa shape index (κ1) is 13.9. The van der Waals surface area contributed by atoms with E-state index in [1.54, 1.807) is 24.3 Å². The molecule has 0 saturated carbocycles. The summed E-state index contributed by atoms with van der Waals surface area (Å²) in [6, 6.07) is 8.80. The lowest BCUT2D eigenvalue weighted by atomic mass is 10.0. The largest absolute Gasteiger partial charge is 0.399 e. The number of thiophene rings is 1. The number of sulfonamides is 1. The lowest BCUT2D eigenvalue weighted by molar-refractivity contribution is 0.588. The molecule has 1 aliphatic heterocycles. The van der Waals surface area contributed by atoms with Crippen LogP contribution in [-0.2, 0) is 16.4 Å². The maximum Gasteiger partial charge on any atom is 0.273 e. The Hall–Kier alpha value is -1.05. The summed E-state index contributed by atoms with van der Waals surface area (Å²) in [6.45, 7) is 0.509. The molecule has 1 aromatic heterocycles. The van der Waals surface area contributed by atoms with Crippen LogP contribution in [0.15, 0.2) is 38.3 Å². The molecule has 0 aliphatic carbocycles. The maximum atomic E-state index is 12.7. The summed E-state index contributed by atoms with van der Waals surface area (Å²) in [5.74, 6) is 0. The van der Waals surface area contributed by atoms with Gasteiger partial charge in [-0.3, -0.25) is 4.31 Å². The number of halogens is 1. The van der Waals surface area contributed by atoms with Gasteiger partial charge in [-0.15, -0.1) is 11.3 Å². The molecule has 4 nitrogen and oxygen atoms in total. The van der Waals surface area contributed by atoms with Crippen molar-refractivity contribution in [1.82, 2.24) is 0 Å². The molecule has 1 aromatic carbocycles. The lowest BCUT2D eigenvalue weighted by Gasteiger charge is -2.30. The molecule has 0 saturated heterocycles. The van der Waals surface area contributed by atoms with Crippen LogP contribution in [0.3, 0.4) is 0 Å². The molecule has 0 amide bonds. The van der Waals surface area contributed by atoms with Gasteiger partial charge >= 0.3 is 0 Å². The number of aryl methyl sites for hydroxylation is 1. The van der Waals surface area contributed by atoms with Crippen molar-refractivity contribution in [3.8, 4) is 0 Å². The van der Waals surface area contributed by atoms with Crippen LogP contribution in [0.2, 0.25) is 0 Å². The molecule has 0 atom stereocenters. The molecule has 2 heterocycles. The fourth-order valence-corrected chi connectivity index (χ4v) is 6.04. The van der Waals surface area contributed by atoms with Gasteiger partial charge in [-0.25, -0.2) is 8.42 Å². The molecule has 0 spiro atoms. The monoisotopic (exact) mass is 372 g/mol. The van der Waals surface area contributed by atoms with Crippen molar-refractivity contribution in [2.45, 2.75) is 17.1 Å². The van der Waals surface area contributed by atoms with Crippen LogP contribution >= 0.6 is 27.3 Å². The zero-order valence-corrected chi connectivity index (χ0v) is 13.8. The standard InChI is InChI=1S/C13H13BrN2O2S2/c14-12-5-6-13(19-12)20(17,18)16-7-1-2-9-8-10(15)3-4-11(9)16/h3-6,8H,1-2,7,15H2. The molecule has 1 aliphatic rings. The van der Waals surface area contributed by atoms with Crippen molar-refractivity contribution < 1.29 is 8.42 Å². The Morgan fingerprint density at radius 1 is 1.25 bits per heavy atom. The van der Waals surface area contributed by atoms with Crippen LogP contribution in [0, 0.1) is 0 Å². The van der Waals surface area contributed by atoms with Crippen LogP contribution in [0.1, 0.15) is 12.0 Å². The number of rotatable bonds is 2. The first-order valence-electron chi connectivity index (χ1n) is 6.15. The summed E-state index contributed by atoms with van der Waals surface area (Å²) in [7, 11) is -3.49. The third-order valence-corrected chi connectivity index (χ3v) is 7.18. The van der Waals surface area contributed by atoms with E-state index < -0.39 is 10.0 Å². The molecule has 7 heteroatoms. The van der Waals surface area contributed by atoms with Crippen LogP contribution in [0.25, 0.3) is 0 Å². The fraction of sp³-hybridized carbons (Fsp3) is 0.231. The van der Waals surface area contributed by atoms with Gasteiger partial charge in [0.2, 0.25) is 0 Å². The van der Waals surface area contributed by atoms with Crippen LogP contribution in [-0.4, -0.2) is 15.0 Å². The molecule has 2 N–H and O–H groups in total. The second-order valence-corrected chi connectivity index (χ2v) is 9.18. The van der Waals surface area contributed by atoms with E-state index in [0.29, 0.717) is 16.4 Å². The Labute approximate surface area is 130 Å². The predicted octanol–water partition coefficient (Wildman–Crippen LogP) is 3.23. The molecule has 106 valence electrons. The van der Waals surface area contributed by atoms with Crippen molar-refractivity contribution in [3.63, 3.8) is 0 Å². The van der Waals surface area contributed by atoms with Crippen molar-refractivity contribution in [2.75, 3.05) is 16.6 Å². The minimum Gasteiger partial charge on any atom is -0.399 e. The summed E-state index contributed by atoms with van der Waals surface area (Å²) in [5.41, 5.74) is 8.19. The van der Waals surface area contributed by atoms with Crippen molar-refractivity contribution >= 4 is 48.7 Å². The number of nitrogen functional groups attached to an aromatic ring is 1.